The Morgan fingerprint density at radius 1 is 1.02 bits per heavy atom. The van der Waals surface area contributed by atoms with Crippen molar-refractivity contribution in [2.24, 2.45) is 11.1 Å². The lowest BCUT2D eigenvalue weighted by atomic mass is 9.72. The number of benzene rings is 2. The molecule has 0 spiro atoms. The number of rotatable bonds is 9. The van der Waals surface area contributed by atoms with Crippen molar-refractivity contribution >= 4 is 35.6 Å². The summed E-state index contributed by atoms with van der Waals surface area (Å²) >= 11 is 1.63. The van der Waals surface area contributed by atoms with Gasteiger partial charge in [0.2, 0.25) is 11.8 Å². The molecule has 1 aliphatic heterocycles. The van der Waals surface area contributed by atoms with E-state index < -0.39 is 11.5 Å². The molecule has 2 aromatic carbocycles. The molecule has 1 aliphatic carbocycles. The van der Waals surface area contributed by atoms with Gasteiger partial charge in [-0.3, -0.25) is 9.59 Å². The number of thiophene rings is 1. The first kappa shape index (κ1) is 31.1. The van der Waals surface area contributed by atoms with Gasteiger partial charge in [0, 0.05) is 30.4 Å². The van der Waals surface area contributed by atoms with Gasteiger partial charge in [-0.2, -0.15) is 0 Å². The number of hydrogen-bond acceptors (Lipinski definition) is 5. The zero-order valence-corrected chi connectivity index (χ0v) is 25.5. The normalized spacial score (nSPS) is 17.8. The van der Waals surface area contributed by atoms with E-state index in [0.29, 0.717) is 38.8 Å². The van der Waals surface area contributed by atoms with Crippen LogP contribution in [0.4, 0.5) is 0 Å². The minimum atomic E-state index is -0.550. The van der Waals surface area contributed by atoms with E-state index in [2.05, 4.69) is 35.6 Å². The largest absolute Gasteiger partial charge is 0.497 e. The number of carbonyl (C=O) groups excluding carboxylic acids is 2. The van der Waals surface area contributed by atoms with Crippen molar-refractivity contribution < 1.29 is 14.3 Å². The number of carbonyl (C=O) groups is 2. The van der Waals surface area contributed by atoms with Crippen molar-refractivity contribution in [2.45, 2.75) is 69.9 Å². The van der Waals surface area contributed by atoms with E-state index in [0.717, 1.165) is 40.2 Å². The number of nitrogens with zero attached hydrogens (tertiary/aromatic N) is 1. The second-order valence-corrected chi connectivity index (χ2v) is 12.4. The van der Waals surface area contributed by atoms with E-state index in [1.165, 1.54) is 19.3 Å². The number of nitrogens with one attached hydrogen (secondary N) is 1. The van der Waals surface area contributed by atoms with Gasteiger partial charge in [-0.05, 0) is 72.4 Å². The van der Waals surface area contributed by atoms with Crippen LogP contribution in [0.3, 0.4) is 0 Å². The fourth-order valence-corrected chi connectivity index (χ4v) is 6.97. The molecule has 3 N–H and O–H groups in total. The highest BCUT2D eigenvalue weighted by Gasteiger charge is 2.43. The van der Waals surface area contributed by atoms with Gasteiger partial charge in [0.05, 0.1) is 18.6 Å². The summed E-state index contributed by atoms with van der Waals surface area (Å²) < 4.78 is 5.39. The van der Waals surface area contributed by atoms with Crippen LogP contribution >= 0.6 is 23.7 Å². The maximum atomic E-state index is 13.9. The van der Waals surface area contributed by atoms with Crippen LogP contribution < -0.4 is 15.8 Å². The van der Waals surface area contributed by atoms with Crippen molar-refractivity contribution in [1.82, 2.24) is 10.2 Å². The van der Waals surface area contributed by atoms with Gasteiger partial charge in [0.15, 0.2) is 0 Å². The van der Waals surface area contributed by atoms with Crippen molar-refractivity contribution in [2.75, 3.05) is 20.2 Å². The van der Waals surface area contributed by atoms with Gasteiger partial charge in [-0.15, -0.1) is 23.7 Å². The molecule has 2 aliphatic rings. The number of ether oxygens (including phenoxy) is 1. The molecule has 1 unspecified atom stereocenters. The SMILES string of the molecule is COc1cccc(-c2ccc(CC3(C(=O)NC4CCCCC4)CCN(C(=O)C(N)Cc4cccs4)CC3)cc2)c1.Cl. The average Bonchev–Trinajstić information content (AvgIpc) is 3.51. The van der Waals surface area contributed by atoms with E-state index in [4.69, 9.17) is 10.5 Å². The number of halogens is 1. The zero-order valence-electron chi connectivity index (χ0n) is 23.8. The van der Waals surface area contributed by atoms with Crippen molar-refractivity contribution in [3.63, 3.8) is 0 Å². The van der Waals surface area contributed by atoms with E-state index in [1.54, 1.807) is 18.4 Å². The van der Waals surface area contributed by atoms with Crippen LogP contribution in [0, 0.1) is 5.41 Å². The summed E-state index contributed by atoms with van der Waals surface area (Å²) in [6.07, 6.45) is 8.20. The lowest BCUT2D eigenvalue weighted by Crippen LogP contribution is -2.55. The second-order valence-electron chi connectivity index (χ2n) is 11.4. The lowest BCUT2D eigenvalue weighted by Gasteiger charge is -2.42. The maximum absolute atomic E-state index is 13.9. The first-order valence-electron chi connectivity index (χ1n) is 14.6. The average molecular weight is 596 g/mol. The molecule has 0 bridgehead atoms. The van der Waals surface area contributed by atoms with Crippen LogP contribution in [0.1, 0.15) is 55.4 Å². The van der Waals surface area contributed by atoms with E-state index in [1.807, 2.05) is 40.6 Å². The quantitative estimate of drug-likeness (QED) is 0.317. The van der Waals surface area contributed by atoms with Gasteiger partial charge in [0.25, 0.3) is 0 Å². The molecule has 220 valence electrons. The monoisotopic (exact) mass is 595 g/mol. The first-order valence-corrected chi connectivity index (χ1v) is 15.4. The smallest absolute Gasteiger partial charge is 0.239 e. The second kappa shape index (κ2) is 14.3. The lowest BCUT2D eigenvalue weighted by molar-refractivity contribution is -0.141. The number of methoxy groups -OCH3 is 1. The molecule has 0 radical (unpaired) electrons. The Morgan fingerprint density at radius 3 is 2.41 bits per heavy atom. The molecule has 3 aromatic rings. The van der Waals surface area contributed by atoms with Crippen LogP contribution in [0.2, 0.25) is 0 Å². The highest BCUT2D eigenvalue weighted by molar-refractivity contribution is 7.09. The molecule has 2 heterocycles. The van der Waals surface area contributed by atoms with Gasteiger partial charge < -0.3 is 20.7 Å². The predicted molar refractivity (Wildman–Crippen MR) is 169 cm³/mol. The zero-order chi connectivity index (χ0) is 28.0. The van der Waals surface area contributed by atoms with Crippen LogP contribution in [-0.2, 0) is 22.4 Å². The van der Waals surface area contributed by atoms with Crippen LogP contribution in [0.5, 0.6) is 5.75 Å². The standard InChI is InChI=1S/C33H41N3O3S.ClH/c1-39-28-10-5-7-26(21-28)25-14-12-24(13-15-25)23-33(32(38)35-27-8-3-2-4-9-27)16-18-36(19-17-33)31(37)30(34)22-29-11-6-20-40-29;/h5-7,10-15,20-21,27,30H,2-4,8-9,16-19,22-23,34H2,1H3,(H,35,38);1H. The van der Waals surface area contributed by atoms with Crippen LogP contribution in [0.25, 0.3) is 11.1 Å². The highest BCUT2D eigenvalue weighted by Crippen LogP contribution is 2.37. The number of amides is 2. The van der Waals surface area contributed by atoms with E-state index in [9.17, 15) is 9.59 Å². The Balaban J connectivity index is 0.00000387. The Labute approximate surface area is 254 Å². The van der Waals surface area contributed by atoms with E-state index in [-0.39, 0.29) is 30.3 Å². The summed E-state index contributed by atoms with van der Waals surface area (Å²) in [6, 6.07) is 20.3. The molecule has 5 rings (SSSR count). The van der Waals surface area contributed by atoms with E-state index >= 15 is 0 Å². The summed E-state index contributed by atoms with van der Waals surface area (Å²) in [6.45, 7) is 1.11. The molecule has 1 aromatic heterocycles. The topological polar surface area (TPSA) is 84.7 Å². The summed E-state index contributed by atoms with van der Waals surface area (Å²) in [5.41, 5.74) is 9.14. The Hall–Kier alpha value is -2.87. The number of hydrogen-bond donors (Lipinski definition) is 2. The fraction of sp³-hybridized carbons (Fsp3) is 0.455. The molecular weight excluding hydrogens is 554 g/mol. The summed E-state index contributed by atoms with van der Waals surface area (Å²) in [5, 5.41) is 5.43. The van der Waals surface area contributed by atoms with Gasteiger partial charge in [-0.25, -0.2) is 0 Å². The van der Waals surface area contributed by atoms with Gasteiger partial charge in [0.1, 0.15) is 5.75 Å². The van der Waals surface area contributed by atoms with Crippen LogP contribution in [-0.4, -0.2) is 49.0 Å². The molecule has 6 nitrogen and oxygen atoms in total. The minimum absolute atomic E-state index is 0. The first-order chi connectivity index (χ1) is 19.5. The molecule has 2 fully saturated rings. The fourth-order valence-electron chi connectivity index (χ4n) is 6.20. The molecule has 8 heteroatoms. The summed E-state index contributed by atoms with van der Waals surface area (Å²) in [5.74, 6) is 0.958. The molecule has 1 saturated carbocycles. The molecule has 1 atom stereocenters. The maximum Gasteiger partial charge on any atom is 0.239 e. The third kappa shape index (κ3) is 7.70. The van der Waals surface area contributed by atoms with Crippen LogP contribution in [0.15, 0.2) is 66.0 Å². The molecule has 2 amide bonds. The molecular formula is C33H42ClN3O3S. The van der Waals surface area contributed by atoms with Crippen molar-refractivity contribution in [3.8, 4) is 16.9 Å². The molecule has 41 heavy (non-hydrogen) atoms. The van der Waals surface area contributed by atoms with Gasteiger partial charge in [-0.1, -0.05) is 61.7 Å². The summed E-state index contributed by atoms with van der Waals surface area (Å²) in [4.78, 5) is 30.1. The highest BCUT2D eigenvalue weighted by atomic mass is 35.5. The third-order valence-electron chi connectivity index (χ3n) is 8.67. The number of nitrogens with two attached hydrogens (primary N) is 1. The predicted octanol–water partition coefficient (Wildman–Crippen LogP) is 6.02. The Morgan fingerprint density at radius 2 is 1.76 bits per heavy atom. The number of likely N-dealkylation sites (tertiary alicyclic amines) is 1. The third-order valence-corrected chi connectivity index (χ3v) is 9.57. The summed E-state index contributed by atoms with van der Waals surface area (Å²) in [7, 11) is 1.68. The molecule has 1 saturated heterocycles. The van der Waals surface area contributed by atoms with Gasteiger partial charge >= 0.3 is 0 Å². The number of piperidine rings is 1. The minimum Gasteiger partial charge on any atom is -0.497 e. The van der Waals surface area contributed by atoms with Crippen molar-refractivity contribution in [3.05, 3.63) is 76.5 Å². The Kier molecular flexibility index (Phi) is 10.9. The van der Waals surface area contributed by atoms with Crippen molar-refractivity contribution in [1.29, 1.82) is 0 Å². The Bertz CT molecular complexity index is 1270.